The van der Waals surface area contributed by atoms with Crippen molar-refractivity contribution in [2.75, 3.05) is 13.6 Å². The quantitative estimate of drug-likeness (QED) is 0.789. The molecule has 0 saturated heterocycles. The average molecular weight is 187 g/mol. The summed E-state index contributed by atoms with van der Waals surface area (Å²) in [4.78, 5) is 0. The number of likely N-dealkylation sites (N-methyl/N-ethyl adjacent to an activating group) is 1. The minimum atomic E-state index is 0.988. The molecule has 1 aromatic carbocycles. The summed E-state index contributed by atoms with van der Waals surface area (Å²) in [6.45, 7) is 0.988. The first-order valence-electron chi connectivity index (χ1n) is 4.74. The molecule has 0 radical (unpaired) electrons. The van der Waals surface area contributed by atoms with Gasteiger partial charge in [-0.1, -0.05) is 18.2 Å². The number of hydrogen-bond acceptors (Lipinski definition) is 3. The third-order valence-electron chi connectivity index (χ3n) is 2.32. The molecule has 0 amide bonds. The Morgan fingerprint density at radius 3 is 2.93 bits per heavy atom. The summed E-state index contributed by atoms with van der Waals surface area (Å²) in [5.41, 5.74) is 1.33. The van der Waals surface area contributed by atoms with Crippen LogP contribution < -0.4 is 5.32 Å². The van der Waals surface area contributed by atoms with Gasteiger partial charge >= 0.3 is 0 Å². The highest BCUT2D eigenvalue weighted by atomic mass is 15.1. The van der Waals surface area contributed by atoms with E-state index in [1.54, 1.807) is 6.20 Å². The van der Waals surface area contributed by atoms with Crippen LogP contribution in [0.2, 0.25) is 0 Å². The van der Waals surface area contributed by atoms with Crippen molar-refractivity contribution in [3.63, 3.8) is 0 Å². The minimum absolute atomic E-state index is 0.988. The summed E-state index contributed by atoms with van der Waals surface area (Å²) in [7, 11) is 1.96. The van der Waals surface area contributed by atoms with Gasteiger partial charge in [0, 0.05) is 10.8 Å². The van der Waals surface area contributed by atoms with Gasteiger partial charge in [-0.15, -0.1) is 0 Å². The van der Waals surface area contributed by atoms with E-state index in [4.69, 9.17) is 0 Å². The van der Waals surface area contributed by atoms with Crippen molar-refractivity contribution in [2.24, 2.45) is 0 Å². The van der Waals surface area contributed by atoms with E-state index in [-0.39, 0.29) is 0 Å². The van der Waals surface area contributed by atoms with Crippen molar-refractivity contribution in [2.45, 2.75) is 6.42 Å². The molecule has 0 spiro atoms. The van der Waals surface area contributed by atoms with Crippen LogP contribution in [0.3, 0.4) is 0 Å². The maximum absolute atomic E-state index is 3.91. The summed E-state index contributed by atoms with van der Waals surface area (Å²) < 4.78 is 0. The molecule has 0 aliphatic heterocycles. The zero-order valence-corrected chi connectivity index (χ0v) is 8.20. The van der Waals surface area contributed by atoms with Crippen LogP contribution in [0.5, 0.6) is 0 Å². The van der Waals surface area contributed by atoms with E-state index in [0.717, 1.165) is 18.4 Å². The third kappa shape index (κ3) is 1.72. The van der Waals surface area contributed by atoms with E-state index in [1.165, 1.54) is 10.9 Å². The van der Waals surface area contributed by atoms with Crippen LogP contribution in [-0.2, 0) is 6.42 Å². The molecule has 1 aromatic heterocycles. The van der Waals surface area contributed by atoms with Gasteiger partial charge in [-0.3, -0.25) is 0 Å². The van der Waals surface area contributed by atoms with Gasteiger partial charge < -0.3 is 5.32 Å². The fraction of sp³-hybridized carbons (Fsp3) is 0.273. The summed E-state index contributed by atoms with van der Waals surface area (Å²) in [5, 5.41) is 13.3. The van der Waals surface area contributed by atoms with Crippen LogP contribution in [0.4, 0.5) is 0 Å². The monoisotopic (exact) mass is 187 g/mol. The van der Waals surface area contributed by atoms with Crippen molar-refractivity contribution >= 4 is 10.8 Å². The smallest absolute Gasteiger partial charge is 0.0577 e. The number of aromatic nitrogens is 2. The number of rotatable bonds is 3. The van der Waals surface area contributed by atoms with E-state index in [2.05, 4.69) is 33.7 Å². The molecule has 2 rings (SSSR count). The zero-order valence-electron chi connectivity index (χ0n) is 8.20. The first-order chi connectivity index (χ1) is 6.92. The first-order valence-corrected chi connectivity index (χ1v) is 4.74. The van der Waals surface area contributed by atoms with E-state index in [0.29, 0.717) is 0 Å². The van der Waals surface area contributed by atoms with Crippen molar-refractivity contribution < 1.29 is 0 Å². The Bertz CT molecular complexity index is 420. The molecular weight excluding hydrogens is 174 g/mol. The molecule has 1 N–H and O–H groups in total. The van der Waals surface area contributed by atoms with Crippen molar-refractivity contribution in [1.29, 1.82) is 0 Å². The predicted octanol–water partition coefficient (Wildman–Crippen LogP) is 1.39. The molecule has 1 heterocycles. The zero-order chi connectivity index (χ0) is 9.80. The number of benzene rings is 1. The van der Waals surface area contributed by atoms with Gasteiger partial charge in [0.25, 0.3) is 0 Å². The van der Waals surface area contributed by atoms with Gasteiger partial charge in [-0.2, -0.15) is 10.2 Å². The van der Waals surface area contributed by atoms with Crippen molar-refractivity contribution in [3.05, 3.63) is 36.2 Å². The molecule has 0 aliphatic carbocycles. The van der Waals surface area contributed by atoms with Crippen LogP contribution in [0.1, 0.15) is 5.56 Å². The standard InChI is InChI=1S/C11H13N3/c1-12-6-5-9-3-2-4-10-7-13-14-8-11(9)10/h2-4,7-8,12H,5-6H2,1H3. The van der Waals surface area contributed by atoms with E-state index in [9.17, 15) is 0 Å². The van der Waals surface area contributed by atoms with Gasteiger partial charge in [0.15, 0.2) is 0 Å². The lowest BCUT2D eigenvalue weighted by Gasteiger charge is -2.04. The molecule has 0 unspecified atom stereocenters. The Kier molecular flexibility index (Phi) is 2.70. The van der Waals surface area contributed by atoms with E-state index >= 15 is 0 Å². The lowest BCUT2D eigenvalue weighted by molar-refractivity contribution is 0.794. The summed E-state index contributed by atoms with van der Waals surface area (Å²) in [5.74, 6) is 0. The fourth-order valence-corrected chi connectivity index (χ4v) is 1.57. The molecular formula is C11H13N3. The number of nitrogens with one attached hydrogen (secondary N) is 1. The number of fused-ring (bicyclic) bond motifs is 1. The maximum atomic E-state index is 3.91. The molecule has 0 bridgehead atoms. The van der Waals surface area contributed by atoms with Crippen LogP contribution in [-0.4, -0.2) is 23.8 Å². The molecule has 0 atom stereocenters. The highest BCUT2D eigenvalue weighted by molar-refractivity contribution is 5.83. The second-order valence-electron chi connectivity index (χ2n) is 3.26. The number of nitrogens with zero attached hydrogens (tertiary/aromatic N) is 2. The predicted molar refractivity (Wildman–Crippen MR) is 57.2 cm³/mol. The maximum Gasteiger partial charge on any atom is 0.0577 e. The SMILES string of the molecule is CNCCc1cccc2cnncc12. The Morgan fingerprint density at radius 2 is 2.07 bits per heavy atom. The van der Waals surface area contributed by atoms with Gasteiger partial charge in [0.05, 0.1) is 12.4 Å². The van der Waals surface area contributed by atoms with Crippen LogP contribution in [0.25, 0.3) is 10.8 Å². The van der Waals surface area contributed by atoms with Crippen LogP contribution >= 0.6 is 0 Å². The van der Waals surface area contributed by atoms with E-state index in [1.807, 2.05) is 13.2 Å². The molecule has 3 heteroatoms. The van der Waals surface area contributed by atoms with Crippen molar-refractivity contribution in [3.8, 4) is 0 Å². The van der Waals surface area contributed by atoms with Crippen molar-refractivity contribution in [1.82, 2.24) is 15.5 Å². The normalized spacial score (nSPS) is 10.6. The summed E-state index contributed by atoms with van der Waals surface area (Å²) >= 11 is 0. The highest BCUT2D eigenvalue weighted by Gasteiger charge is 1.99. The highest BCUT2D eigenvalue weighted by Crippen LogP contribution is 2.16. The fourth-order valence-electron chi connectivity index (χ4n) is 1.57. The Morgan fingerprint density at radius 1 is 1.21 bits per heavy atom. The molecule has 0 aliphatic rings. The lowest BCUT2D eigenvalue weighted by Crippen LogP contribution is -2.10. The topological polar surface area (TPSA) is 37.8 Å². The lowest BCUT2D eigenvalue weighted by atomic mass is 10.1. The molecule has 2 aromatic rings. The van der Waals surface area contributed by atoms with Crippen LogP contribution in [0.15, 0.2) is 30.6 Å². The van der Waals surface area contributed by atoms with E-state index < -0.39 is 0 Å². The molecule has 3 nitrogen and oxygen atoms in total. The van der Waals surface area contributed by atoms with Gasteiger partial charge in [-0.25, -0.2) is 0 Å². The Labute approximate surface area is 83.2 Å². The second-order valence-corrected chi connectivity index (χ2v) is 3.26. The number of hydrogen-bond donors (Lipinski definition) is 1. The Hall–Kier alpha value is -1.48. The van der Waals surface area contributed by atoms with Gasteiger partial charge in [0.2, 0.25) is 0 Å². The second kappa shape index (κ2) is 4.15. The average Bonchev–Trinajstić information content (AvgIpc) is 2.26. The third-order valence-corrected chi connectivity index (χ3v) is 2.32. The van der Waals surface area contributed by atoms with Gasteiger partial charge in [-0.05, 0) is 25.6 Å². The molecule has 0 saturated carbocycles. The van der Waals surface area contributed by atoms with Crippen LogP contribution in [0, 0.1) is 0 Å². The minimum Gasteiger partial charge on any atom is -0.319 e. The molecule has 14 heavy (non-hydrogen) atoms. The molecule has 72 valence electrons. The largest absolute Gasteiger partial charge is 0.319 e. The summed E-state index contributed by atoms with van der Waals surface area (Å²) in [6, 6.07) is 6.27. The molecule has 0 fully saturated rings. The first kappa shape index (κ1) is 9.09. The summed E-state index contributed by atoms with van der Waals surface area (Å²) in [6.07, 6.45) is 4.66. The van der Waals surface area contributed by atoms with Gasteiger partial charge in [0.1, 0.15) is 0 Å². The Balaban J connectivity index is 2.43.